The molecule has 56 heavy (non-hydrogen) atoms. The minimum absolute atomic E-state index is 0.124. The number of fused-ring (bicyclic) bond motifs is 2. The molecule has 13 heteroatoms. The zero-order valence-electron chi connectivity index (χ0n) is 32.9. The third-order valence-corrected chi connectivity index (χ3v) is 10.5. The third kappa shape index (κ3) is 8.76. The zero-order chi connectivity index (χ0) is 39.5. The third-order valence-electron chi connectivity index (χ3n) is 10.5. The van der Waals surface area contributed by atoms with Crippen LogP contribution >= 0.6 is 0 Å². The highest BCUT2D eigenvalue weighted by molar-refractivity contribution is 5.94. The molecular formula is C43H51N7O6. The molecule has 2 atom stereocenters. The van der Waals surface area contributed by atoms with E-state index in [4.69, 9.17) is 28.9 Å². The molecule has 13 nitrogen and oxygen atoms in total. The number of ether oxygens (including phenoxy) is 4. The van der Waals surface area contributed by atoms with Gasteiger partial charge in [0.15, 0.2) is 0 Å². The molecule has 0 radical (unpaired) electrons. The SMILES string of the molecule is CC(C)(C)OC(=O)N1CC(COc2nc3c(c(N4CCN(C(=O)OCc5ccccc5)C(CC#N)C4)n2)CCN(c2cccc4ccccc24)C3)OCC1(C)C. The fourth-order valence-corrected chi connectivity index (χ4v) is 7.58. The van der Waals surface area contributed by atoms with Crippen LogP contribution in [0.25, 0.3) is 10.8 Å². The van der Waals surface area contributed by atoms with Gasteiger partial charge in [-0.05, 0) is 58.1 Å². The second kappa shape index (κ2) is 16.2. The number of amides is 2. The van der Waals surface area contributed by atoms with E-state index in [1.54, 1.807) is 9.80 Å². The predicted octanol–water partition coefficient (Wildman–Crippen LogP) is 6.73. The molecule has 1 aromatic heterocycles. The topological polar surface area (TPSA) is 134 Å². The first kappa shape index (κ1) is 38.7. The Bertz CT molecular complexity index is 2080. The lowest BCUT2D eigenvalue weighted by atomic mass is 10.0. The highest BCUT2D eigenvalue weighted by atomic mass is 16.6. The molecule has 4 aromatic rings. The molecule has 294 valence electrons. The van der Waals surface area contributed by atoms with Gasteiger partial charge < -0.3 is 33.6 Å². The van der Waals surface area contributed by atoms with Crippen LogP contribution in [0.4, 0.5) is 21.1 Å². The van der Waals surface area contributed by atoms with Gasteiger partial charge in [0, 0.05) is 42.8 Å². The molecule has 0 N–H and O–H groups in total. The molecule has 0 spiro atoms. The number of benzene rings is 3. The minimum Gasteiger partial charge on any atom is -0.461 e. The summed E-state index contributed by atoms with van der Waals surface area (Å²) in [6, 6.07) is 26.4. The van der Waals surface area contributed by atoms with Crippen molar-refractivity contribution in [2.45, 2.75) is 83.9 Å². The average Bonchev–Trinajstić information content (AvgIpc) is 3.18. The summed E-state index contributed by atoms with van der Waals surface area (Å²) in [4.78, 5) is 44.4. The van der Waals surface area contributed by atoms with Crippen molar-refractivity contribution in [3.63, 3.8) is 0 Å². The molecule has 2 amide bonds. The van der Waals surface area contributed by atoms with Gasteiger partial charge in [-0.15, -0.1) is 0 Å². The Kier molecular flexibility index (Phi) is 11.2. The summed E-state index contributed by atoms with van der Waals surface area (Å²) in [5, 5.41) is 12.2. The van der Waals surface area contributed by atoms with E-state index in [1.807, 2.05) is 71.0 Å². The van der Waals surface area contributed by atoms with Crippen molar-refractivity contribution >= 4 is 34.5 Å². The van der Waals surface area contributed by atoms with Gasteiger partial charge in [-0.1, -0.05) is 66.7 Å². The number of anilines is 2. The minimum atomic E-state index is -0.634. The first-order valence-electron chi connectivity index (χ1n) is 19.4. The standard InChI is InChI=1S/C43H51N7O6/c1-42(2,3)56-41(52)50-25-33(55-29-43(50,4)5)28-53-39-45-36-26-47(37-17-11-15-31-14-9-10-16-34(31)37)21-19-35(36)38(46-39)48-22-23-49(32(24-48)18-20-44)40(51)54-27-30-12-7-6-8-13-30/h6-17,32-33H,18-19,21-29H2,1-5H3. The van der Waals surface area contributed by atoms with Gasteiger partial charge in [0.1, 0.15) is 30.7 Å². The average molecular weight is 762 g/mol. The smallest absolute Gasteiger partial charge is 0.410 e. The first-order valence-corrected chi connectivity index (χ1v) is 19.4. The van der Waals surface area contributed by atoms with E-state index in [-0.39, 0.29) is 32.2 Å². The molecule has 2 fully saturated rings. The molecule has 3 aromatic carbocycles. The Labute approximate surface area is 328 Å². The highest BCUT2D eigenvalue weighted by Crippen LogP contribution is 2.35. The van der Waals surface area contributed by atoms with Crippen molar-refractivity contribution < 1.29 is 28.5 Å². The maximum Gasteiger partial charge on any atom is 0.410 e. The van der Waals surface area contributed by atoms with Gasteiger partial charge in [0.2, 0.25) is 0 Å². The van der Waals surface area contributed by atoms with Gasteiger partial charge in [-0.2, -0.15) is 15.2 Å². The number of nitriles is 1. The van der Waals surface area contributed by atoms with Gasteiger partial charge in [0.25, 0.3) is 0 Å². The summed E-state index contributed by atoms with van der Waals surface area (Å²) in [6.07, 6.45) is -0.430. The number of rotatable bonds is 8. The normalized spacial score (nSPS) is 19.6. The van der Waals surface area contributed by atoms with Crippen LogP contribution in [0.15, 0.2) is 72.8 Å². The number of morpholine rings is 1. The van der Waals surface area contributed by atoms with Crippen LogP contribution in [-0.2, 0) is 33.8 Å². The fraction of sp³-hybridized carbons (Fsp3) is 0.465. The maximum absolute atomic E-state index is 13.3. The van der Waals surface area contributed by atoms with E-state index in [0.29, 0.717) is 39.2 Å². The summed E-state index contributed by atoms with van der Waals surface area (Å²) >= 11 is 0. The van der Waals surface area contributed by atoms with Crippen molar-refractivity contribution in [1.82, 2.24) is 19.8 Å². The molecule has 2 saturated heterocycles. The van der Waals surface area contributed by atoms with E-state index < -0.39 is 35.5 Å². The lowest BCUT2D eigenvalue weighted by molar-refractivity contribution is -0.109. The lowest BCUT2D eigenvalue weighted by Gasteiger charge is -2.45. The summed E-state index contributed by atoms with van der Waals surface area (Å²) in [5.74, 6) is 0.740. The molecular weight excluding hydrogens is 711 g/mol. The van der Waals surface area contributed by atoms with Crippen LogP contribution in [0.2, 0.25) is 0 Å². The molecule has 4 heterocycles. The van der Waals surface area contributed by atoms with Crippen LogP contribution in [0.5, 0.6) is 6.01 Å². The van der Waals surface area contributed by atoms with E-state index in [2.05, 4.69) is 52.3 Å². The number of nitrogens with zero attached hydrogens (tertiary/aromatic N) is 7. The number of piperazine rings is 1. The molecule has 7 rings (SSSR count). The highest BCUT2D eigenvalue weighted by Gasteiger charge is 2.41. The monoisotopic (exact) mass is 761 g/mol. The summed E-state index contributed by atoms with van der Waals surface area (Å²) in [6.45, 7) is 12.9. The number of carbonyl (C=O) groups excluding carboxylic acids is 2. The van der Waals surface area contributed by atoms with Crippen molar-refractivity contribution in [2.75, 3.05) is 55.7 Å². The molecule has 3 aliphatic rings. The summed E-state index contributed by atoms with van der Waals surface area (Å²) in [5.41, 5.74) is 2.71. The molecule has 0 bridgehead atoms. The van der Waals surface area contributed by atoms with Gasteiger partial charge in [0.05, 0.1) is 49.5 Å². The van der Waals surface area contributed by atoms with Crippen molar-refractivity contribution in [3.8, 4) is 12.1 Å². The lowest BCUT2D eigenvalue weighted by Crippen LogP contribution is -2.60. The van der Waals surface area contributed by atoms with Crippen molar-refractivity contribution in [2.24, 2.45) is 0 Å². The van der Waals surface area contributed by atoms with E-state index >= 15 is 0 Å². The van der Waals surface area contributed by atoms with Gasteiger partial charge in [-0.25, -0.2) is 9.59 Å². The number of hydrogen-bond acceptors (Lipinski definition) is 11. The Morgan fingerprint density at radius 1 is 0.929 bits per heavy atom. The van der Waals surface area contributed by atoms with Gasteiger partial charge >= 0.3 is 18.2 Å². The Balaban J connectivity index is 1.14. The number of carbonyl (C=O) groups is 2. The van der Waals surface area contributed by atoms with Crippen LogP contribution in [0.3, 0.4) is 0 Å². The number of hydrogen-bond donors (Lipinski definition) is 0. The summed E-state index contributed by atoms with van der Waals surface area (Å²) in [7, 11) is 0. The largest absolute Gasteiger partial charge is 0.461 e. The predicted molar refractivity (Wildman–Crippen MR) is 213 cm³/mol. The molecule has 3 aliphatic heterocycles. The molecule has 0 saturated carbocycles. The second-order valence-corrected chi connectivity index (χ2v) is 16.3. The second-order valence-electron chi connectivity index (χ2n) is 16.3. The Morgan fingerprint density at radius 2 is 1.70 bits per heavy atom. The zero-order valence-corrected chi connectivity index (χ0v) is 32.9. The molecule has 0 aliphatic carbocycles. The van der Waals surface area contributed by atoms with Crippen LogP contribution < -0.4 is 14.5 Å². The van der Waals surface area contributed by atoms with E-state index in [0.717, 1.165) is 34.9 Å². The first-order chi connectivity index (χ1) is 26.9. The Hall–Kier alpha value is -5.61. The quantitative estimate of drug-likeness (QED) is 0.189. The van der Waals surface area contributed by atoms with E-state index in [9.17, 15) is 14.9 Å². The fourth-order valence-electron chi connectivity index (χ4n) is 7.58. The van der Waals surface area contributed by atoms with Crippen LogP contribution in [-0.4, -0.2) is 101 Å². The maximum atomic E-state index is 13.3. The summed E-state index contributed by atoms with van der Waals surface area (Å²) < 4.78 is 24.0. The van der Waals surface area contributed by atoms with Crippen molar-refractivity contribution in [3.05, 3.63) is 89.6 Å². The van der Waals surface area contributed by atoms with Crippen LogP contribution in [0, 0.1) is 11.3 Å². The van der Waals surface area contributed by atoms with E-state index in [1.165, 1.54) is 10.8 Å². The number of aromatic nitrogens is 2. The van der Waals surface area contributed by atoms with Gasteiger partial charge in [-0.3, -0.25) is 4.90 Å². The molecule has 2 unspecified atom stereocenters. The van der Waals surface area contributed by atoms with Crippen LogP contribution in [0.1, 0.15) is 57.9 Å². The van der Waals surface area contributed by atoms with Crippen molar-refractivity contribution in [1.29, 1.82) is 5.26 Å². The Morgan fingerprint density at radius 3 is 2.48 bits per heavy atom.